The predicted octanol–water partition coefficient (Wildman–Crippen LogP) is 7.44. The minimum absolute atomic E-state index is 0.212. The van der Waals surface area contributed by atoms with E-state index in [2.05, 4.69) is 4.74 Å². The molecular weight excluding hydrogens is 461 g/mol. The van der Waals surface area contributed by atoms with Crippen LogP contribution < -0.4 is 4.74 Å². The summed E-state index contributed by atoms with van der Waals surface area (Å²) in [5.41, 5.74) is 4.67. The molecule has 2 aliphatic carbocycles. The number of carbonyl (C=O) groups is 1. The fourth-order valence-electron chi connectivity index (χ4n) is 5.52. The van der Waals surface area contributed by atoms with Gasteiger partial charge in [0.2, 0.25) is 0 Å². The fourth-order valence-corrected chi connectivity index (χ4v) is 5.52. The first-order valence-electron chi connectivity index (χ1n) is 11.5. The van der Waals surface area contributed by atoms with Gasteiger partial charge in [0.1, 0.15) is 11.2 Å². The molecular formula is C31H19F3O2. The Morgan fingerprint density at radius 3 is 2.00 bits per heavy atom. The van der Waals surface area contributed by atoms with Crippen molar-refractivity contribution in [1.82, 2.24) is 0 Å². The summed E-state index contributed by atoms with van der Waals surface area (Å²) in [6.07, 6.45) is -1.56. The van der Waals surface area contributed by atoms with E-state index in [0.29, 0.717) is 11.1 Å². The summed E-state index contributed by atoms with van der Waals surface area (Å²) in [6.45, 7) is 0. The number of hydrogen-bond acceptors (Lipinski definition) is 2. The van der Waals surface area contributed by atoms with Crippen LogP contribution in [0.1, 0.15) is 33.4 Å². The van der Waals surface area contributed by atoms with Crippen LogP contribution in [-0.2, 0) is 10.2 Å². The zero-order valence-corrected chi connectivity index (χ0v) is 18.9. The molecule has 0 aromatic heterocycles. The Hall–Kier alpha value is -4.38. The van der Waals surface area contributed by atoms with E-state index >= 15 is 0 Å². The lowest BCUT2D eigenvalue weighted by atomic mass is 9.63. The molecule has 0 N–H and O–H groups in total. The number of rotatable bonds is 3. The van der Waals surface area contributed by atoms with Crippen LogP contribution >= 0.6 is 0 Å². The van der Waals surface area contributed by atoms with Crippen LogP contribution in [0.3, 0.4) is 0 Å². The number of halogens is 3. The van der Waals surface area contributed by atoms with E-state index in [0.717, 1.165) is 33.4 Å². The van der Waals surface area contributed by atoms with Gasteiger partial charge in [-0.3, -0.25) is 4.79 Å². The lowest BCUT2D eigenvalue weighted by Gasteiger charge is -2.36. The number of fused-ring (bicyclic) bond motifs is 4. The first-order chi connectivity index (χ1) is 17.4. The number of ether oxygens (including phenoxy) is 1. The first-order valence-corrected chi connectivity index (χ1v) is 11.5. The molecule has 0 aliphatic heterocycles. The van der Waals surface area contributed by atoms with E-state index in [1.165, 1.54) is 18.2 Å². The van der Waals surface area contributed by atoms with E-state index in [9.17, 15) is 18.0 Å². The second-order valence-corrected chi connectivity index (χ2v) is 8.77. The third-order valence-electron chi connectivity index (χ3n) is 6.80. The van der Waals surface area contributed by atoms with Gasteiger partial charge < -0.3 is 4.74 Å². The van der Waals surface area contributed by atoms with Crippen LogP contribution in [0.4, 0.5) is 13.2 Å². The largest absolute Gasteiger partial charge is 0.573 e. The molecule has 4 aromatic carbocycles. The third kappa shape index (κ3) is 3.31. The maximum absolute atomic E-state index is 14.1. The highest BCUT2D eigenvalue weighted by atomic mass is 19.4. The van der Waals surface area contributed by atoms with Gasteiger partial charge in [0.15, 0.2) is 5.78 Å². The maximum atomic E-state index is 14.1. The molecule has 2 nitrogen and oxygen atoms in total. The fraction of sp³-hybridized carbons (Fsp3) is 0.0645. The summed E-state index contributed by atoms with van der Waals surface area (Å²) in [5.74, 6) is -0.571. The molecule has 6 rings (SSSR count). The normalized spacial score (nSPS) is 18.4. The van der Waals surface area contributed by atoms with Crippen molar-refractivity contribution in [3.8, 4) is 5.75 Å². The predicted molar refractivity (Wildman–Crippen MR) is 133 cm³/mol. The molecule has 1 atom stereocenters. The standard InChI is InChI=1S/C31H19F3O2/c32-31(33,34)36-23-16-17-24-26(19-23)30(25-14-8-7-9-20(25)15-18-27(30)35)29(22-12-5-2-6-13-22)28(24)21-10-3-1-4-11-21/h1-19H. The van der Waals surface area contributed by atoms with Crippen LogP contribution in [0.5, 0.6) is 5.75 Å². The van der Waals surface area contributed by atoms with Crippen LogP contribution in [0.2, 0.25) is 0 Å². The topological polar surface area (TPSA) is 26.3 Å². The van der Waals surface area contributed by atoms with Gasteiger partial charge >= 0.3 is 6.36 Å². The first kappa shape index (κ1) is 22.1. The molecule has 0 heterocycles. The van der Waals surface area contributed by atoms with Crippen LogP contribution in [0, 0.1) is 0 Å². The molecule has 36 heavy (non-hydrogen) atoms. The van der Waals surface area contributed by atoms with E-state index < -0.39 is 11.8 Å². The minimum atomic E-state index is -4.85. The highest BCUT2D eigenvalue weighted by Gasteiger charge is 2.53. The monoisotopic (exact) mass is 480 g/mol. The quantitative estimate of drug-likeness (QED) is 0.305. The van der Waals surface area contributed by atoms with E-state index in [-0.39, 0.29) is 11.5 Å². The second-order valence-electron chi connectivity index (χ2n) is 8.77. The highest BCUT2D eigenvalue weighted by Crippen LogP contribution is 2.59. The molecule has 0 saturated heterocycles. The number of alkyl halides is 3. The Bertz CT molecular complexity index is 1550. The molecule has 2 aliphatic rings. The van der Waals surface area contributed by atoms with Crippen molar-refractivity contribution >= 4 is 23.0 Å². The molecule has 0 fully saturated rings. The summed E-state index contributed by atoms with van der Waals surface area (Å²) in [6, 6.07) is 31.0. The van der Waals surface area contributed by atoms with Crippen molar-refractivity contribution in [2.24, 2.45) is 0 Å². The number of hydrogen-bond donors (Lipinski definition) is 0. The van der Waals surface area contributed by atoms with Gasteiger partial charge in [-0.1, -0.05) is 97.1 Å². The van der Waals surface area contributed by atoms with Gasteiger partial charge in [0.05, 0.1) is 0 Å². The number of ketones is 1. The SMILES string of the molecule is O=C1C=Cc2ccccc2C12C(c1ccccc1)=C(c1ccccc1)c1ccc(OC(F)(F)F)cc12. The van der Waals surface area contributed by atoms with Crippen molar-refractivity contribution in [3.05, 3.63) is 143 Å². The Morgan fingerprint density at radius 2 is 1.31 bits per heavy atom. The number of allylic oxidation sites excluding steroid dienone is 2. The number of benzene rings is 4. The molecule has 0 amide bonds. The highest BCUT2D eigenvalue weighted by molar-refractivity contribution is 6.24. The lowest BCUT2D eigenvalue weighted by Crippen LogP contribution is -2.38. The second kappa shape index (κ2) is 8.09. The molecule has 1 unspecified atom stereocenters. The molecule has 0 saturated carbocycles. The Kier molecular flexibility index (Phi) is 4.97. The molecule has 5 heteroatoms. The summed E-state index contributed by atoms with van der Waals surface area (Å²) >= 11 is 0. The lowest BCUT2D eigenvalue weighted by molar-refractivity contribution is -0.274. The molecule has 176 valence electrons. The third-order valence-corrected chi connectivity index (χ3v) is 6.80. The van der Waals surface area contributed by atoms with Gasteiger partial charge in [-0.05, 0) is 62.7 Å². The zero-order valence-electron chi connectivity index (χ0n) is 18.9. The van der Waals surface area contributed by atoms with Crippen molar-refractivity contribution in [2.75, 3.05) is 0 Å². The Morgan fingerprint density at radius 1 is 0.667 bits per heavy atom. The Labute approximate surface area is 206 Å². The Balaban J connectivity index is 1.77. The summed E-state index contributed by atoms with van der Waals surface area (Å²) in [4.78, 5) is 14.1. The molecule has 4 aromatic rings. The molecule has 1 spiro atoms. The summed E-state index contributed by atoms with van der Waals surface area (Å²) in [5, 5.41) is 0. The van der Waals surface area contributed by atoms with Gasteiger partial charge in [-0.15, -0.1) is 13.2 Å². The van der Waals surface area contributed by atoms with E-state index in [1.807, 2.05) is 84.9 Å². The van der Waals surface area contributed by atoms with Crippen LogP contribution in [-0.4, -0.2) is 12.1 Å². The van der Waals surface area contributed by atoms with Crippen molar-refractivity contribution < 1.29 is 22.7 Å². The van der Waals surface area contributed by atoms with E-state index in [1.54, 1.807) is 12.1 Å². The van der Waals surface area contributed by atoms with Crippen LogP contribution in [0.25, 0.3) is 17.2 Å². The average Bonchev–Trinajstić information content (AvgIpc) is 3.18. The zero-order chi connectivity index (χ0) is 24.9. The summed E-state index contributed by atoms with van der Waals surface area (Å²) in [7, 11) is 0. The maximum Gasteiger partial charge on any atom is 0.573 e. The van der Waals surface area contributed by atoms with Crippen molar-refractivity contribution in [1.29, 1.82) is 0 Å². The van der Waals surface area contributed by atoms with Crippen LogP contribution in [0.15, 0.2) is 109 Å². The van der Waals surface area contributed by atoms with Gasteiger partial charge in [-0.2, -0.15) is 0 Å². The van der Waals surface area contributed by atoms with Gasteiger partial charge in [0, 0.05) is 0 Å². The smallest absolute Gasteiger partial charge is 0.406 e. The van der Waals surface area contributed by atoms with Crippen molar-refractivity contribution in [2.45, 2.75) is 11.8 Å². The van der Waals surface area contributed by atoms with Gasteiger partial charge in [-0.25, -0.2) is 0 Å². The minimum Gasteiger partial charge on any atom is -0.406 e. The van der Waals surface area contributed by atoms with Gasteiger partial charge in [0.25, 0.3) is 0 Å². The summed E-state index contributed by atoms with van der Waals surface area (Å²) < 4.78 is 44.0. The average molecular weight is 480 g/mol. The molecule has 0 radical (unpaired) electrons. The van der Waals surface area contributed by atoms with Crippen molar-refractivity contribution in [3.63, 3.8) is 0 Å². The number of carbonyl (C=O) groups excluding carboxylic acids is 1. The molecule has 0 bridgehead atoms. The van der Waals surface area contributed by atoms with E-state index in [4.69, 9.17) is 0 Å².